The van der Waals surface area contributed by atoms with Gasteiger partial charge in [0.1, 0.15) is 5.75 Å². The zero-order valence-electron chi connectivity index (χ0n) is 13.2. The molecule has 0 saturated heterocycles. The van der Waals surface area contributed by atoms with Crippen molar-refractivity contribution in [2.24, 2.45) is 0 Å². The van der Waals surface area contributed by atoms with E-state index >= 15 is 0 Å². The Morgan fingerprint density at radius 2 is 1.79 bits per heavy atom. The van der Waals surface area contributed by atoms with Crippen LogP contribution in [0.4, 0.5) is 0 Å². The molecule has 2 aromatic carbocycles. The molecule has 2 rings (SSSR count). The second-order valence-corrected chi connectivity index (χ2v) is 6.03. The van der Waals surface area contributed by atoms with Gasteiger partial charge in [-0.1, -0.05) is 35.3 Å². The summed E-state index contributed by atoms with van der Waals surface area (Å²) in [4.78, 5) is 23.7. The Morgan fingerprint density at radius 1 is 1.04 bits per heavy atom. The molecule has 126 valence electrons. The number of nitrogens with one attached hydrogen (secondary N) is 2. The highest BCUT2D eigenvalue weighted by Crippen LogP contribution is 2.21. The second-order valence-electron chi connectivity index (χ2n) is 5.18. The van der Waals surface area contributed by atoms with Crippen LogP contribution >= 0.6 is 23.2 Å². The highest BCUT2D eigenvalue weighted by atomic mass is 35.5. The third-order valence-electron chi connectivity index (χ3n) is 3.19. The fraction of sp³-hybridized carbons (Fsp3) is 0.176. The quantitative estimate of drug-likeness (QED) is 0.814. The minimum atomic E-state index is -0.545. The summed E-state index contributed by atoms with van der Waals surface area (Å²) >= 11 is 11.7. The summed E-state index contributed by atoms with van der Waals surface area (Å²) in [5.74, 6) is -0.414. The number of ether oxygens (including phenoxy) is 1. The highest BCUT2D eigenvalue weighted by molar-refractivity contribution is 6.36. The lowest BCUT2D eigenvalue weighted by molar-refractivity contribution is -0.123. The molecular formula is C17H16Cl2N2O3. The van der Waals surface area contributed by atoms with E-state index in [4.69, 9.17) is 27.9 Å². The van der Waals surface area contributed by atoms with E-state index in [9.17, 15) is 9.59 Å². The number of benzene rings is 2. The minimum absolute atomic E-state index is 0.195. The molecule has 7 heteroatoms. The number of hydrazine groups is 1. The third kappa shape index (κ3) is 4.88. The summed E-state index contributed by atoms with van der Waals surface area (Å²) in [5, 5.41) is 0.614. The molecule has 5 nitrogen and oxygen atoms in total. The van der Waals surface area contributed by atoms with Crippen LogP contribution in [0.3, 0.4) is 0 Å². The molecule has 0 spiro atoms. The van der Waals surface area contributed by atoms with Gasteiger partial charge in [-0.3, -0.25) is 20.4 Å². The molecule has 0 unspecified atom stereocenters. The van der Waals surface area contributed by atoms with Crippen molar-refractivity contribution in [3.8, 4) is 5.75 Å². The van der Waals surface area contributed by atoms with Gasteiger partial charge < -0.3 is 4.74 Å². The van der Waals surface area contributed by atoms with Gasteiger partial charge in [-0.25, -0.2) is 0 Å². The first-order valence-corrected chi connectivity index (χ1v) is 7.86. The Balaban J connectivity index is 1.86. The summed E-state index contributed by atoms with van der Waals surface area (Å²) < 4.78 is 5.45. The van der Waals surface area contributed by atoms with Gasteiger partial charge in [-0.15, -0.1) is 0 Å². The SMILES string of the molecule is Cc1ccc(C)c(OCC(=O)NNC(=O)c2ccc(Cl)cc2Cl)c1. The van der Waals surface area contributed by atoms with Gasteiger partial charge in [0.05, 0.1) is 10.6 Å². The number of aryl methyl sites for hydroxylation is 2. The maximum Gasteiger partial charge on any atom is 0.276 e. The maximum atomic E-state index is 12.0. The first-order chi connectivity index (χ1) is 11.4. The standard InChI is InChI=1S/C17H16Cl2N2O3/c1-10-3-4-11(2)15(7-10)24-9-16(22)20-21-17(23)13-6-5-12(18)8-14(13)19/h3-8H,9H2,1-2H3,(H,20,22)(H,21,23). The lowest BCUT2D eigenvalue weighted by Gasteiger charge is -2.11. The molecule has 0 heterocycles. The second kappa shape index (κ2) is 8.04. The molecule has 2 aromatic rings. The third-order valence-corrected chi connectivity index (χ3v) is 3.74. The molecule has 0 saturated carbocycles. The van der Waals surface area contributed by atoms with Crippen molar-refractivity contribution in [2.75, 3.05) is 6.61 Å². The van der Waals surface area contributed by atoms with Gasteiger partial charge in [0, 0.05) is 5.02 Å². The Bertz CT molecular complexity index is 778. The predicted octanol–water partition coefficient (Wildman–Crippen LogP) is 3.45. The lowest BCUT2D eigenvalue weighted by Crippen LogP contribution is -2.43. The van der Waals surface area contributed by atoms with Gasteiger partial charge in [0.15, 0.2) is 6.61 Å². The van der Waals surface area contributed by atoms with Gasteiger partial charge in [0.2, 0.25) is 0 Å². The van der Waals surface area contributed by atoms with Crippen LogP contribution in [0.25, 0.3) is 0 Å². The van der Waals surface area contributed by atoms with Gasteiger partial charge in [0.25, 0.3) is 11.8 Å². The molecule has 0 aliphatic carbocycles. The van der Waals surface area contributed by atoms with Crippen molar-refractivity contribution in [3.05, 3.63) is 63.1 Å². The molecular weight excluding hydrogens is 351 g/mol. The van der Waals surface area contributed by atoms with Gasteiger partial charge in [-0.2, -0.15) is 0 Å². The van der Waals surface area contributed by atoms with Crippen LogP contribution in [0.2, 0.25) is 10.0 Å². The molecule has 2 amide bonds. The predicted molar refractivity (Wildman–Crippen MR) is 93.5 cm³/mol. The number of hydrogen-bond donors (Lipinski definition) is 2. The first kappa shape index (κ1) is 18.1. The van der Waals surface area contributed by atoms with Crippen molar-refractivity contribution >= 4 is 35.0 Å². The Kier molecular flexibility index (Phi) is 6.06. The van der Waals surface area contributed by atoms with E-state index in [1.165, 1.54) is 18.2 Å². The zero-order chi connectivity index (χ0) is 17.7. The van der Waals surface area contributed by atoms with Crippen LogP contribution in [0.15, 0.2) is 36.4 Å². The largest absolute Gasteiger partial charge is 0.483 e. The van der Waals surface area contributed by atoms with Crippen molar-refractivity contribution in [3.63, 3.8) is 0 Å². The van der Waals surface area contributed by atoms with E-state index in [0.29, 0.717) is 10.8 Å². The molecule has 0 aliphatic rings. The fourth-order valence-electron chi connectivity index (χ4n) is 1.91. The monoisotopic (exact) mass is 366 g/mol. The number of rotatable bonds is 4. The highest BCUT2D eigenvalue weighted by Gasteiger charge is 2.12. The Labute approximate surface area is 149 Å². The lowest BCUT2D eigenvalue weighted by atomic mass is 10.1. The summed E-state index contributed by atoms with van der Waals surface area (Å²) in [7, 11) is 0. The molecule has 0 aromatic heterocycles. The van der Waals surface area contributed by atoms with E-state index in [2.05, 4.69) is 10.9 Å². The Morgan fingerprint density at radius 3 is 2.50 bits per heavy atom. The number of carbonyl (C=O) groups excluding carboxylic acids is 2. The van der Waals surface area contributed by atoms with E-state index in [0.717, 1.165) is 11.1 Å². The average molecular weight is 367 g/mol. The van der Waals surface area contributed by atoms with Crippen LogP contribution in [0, 0.1) is 13.8 Å². The summed E-state index contributed by atoms with van der Waals surface area (Å²) in [6, 6.07) is 10.2. The fourth-order valence-corrected chi connectivity index (χ4v) is 2.40. The van der Waals surface area contributed by atoms with Crippen LogP contribution < -0.4 is 15.6 Å². The smallest absolute Gasteiger partial charge is 0.276 e. The Hall–Kier alpha value is -2.24. The van der Waals surface area contributed by atoms with Crippen LogP contribution in [-0.2, 0) is 4.79 Å². The van der Waals surface area contributed by atoms with Crippen molar-refractivity contribution in [1.82, 2.24) is 10.9 Å². The molecule has 0 fully saturated rings. The van der Waals surface area contributed by atoms with E-state index in [1.807, 2.05) is 32.0 Å². The molecule has 0 radical (unpaired) electrons. The van der Waals surface area contributed by atoms with Gasteiger partial charge >= 0.3 is 0 Å². The van der Waals surface area contributed by atoms with Crippen LogP contribution in [0.5, 0.6) is 5.75 Å². The van der Waals surface area contributed by atoms with Crippen molar-refractivity contribution in [2.45, 2.75) is 13.8 Å². The topological polar surface area (TPSA) is 67.4 Å². The first-order valence-electron chi connectivity index (χ1n) is 7.11. The number of halogens is 2. The molecule has 0 bridgehead atoms. The molecule has 0 aliphatic heterocycles. The average Bonchev–Trinajstić information content (AvgIpc) is 2.53. The normalized spacial score (nSPS) is 10.2. The maximum absolute atomic E-state index is 12.0. The van der Waals surface area contributed by atoms with E-state index in [1.54, 1.807) is 0 Å². The summed E-state index contributed by atoms with van der Waals surface area (Å²) in [5.41, 5.74) is 6.70. The number of carbonyl (C=O) groups is 2. The van der Waals surface area contributed by atoms with Crippen LogP contribution in [0.1, 0.15) is 21.5 Å². The zero-order valence-corrected chi connectivity index (χ0v) is 14.7. The molecule has 2 N–H and O–H groups in total. The number of hydrogen-bond acceptors (Lipinski definition) is 3. The van der Waals surface area contributed by atoms with Gasteiger partial charge in [-0.05, 0) is 49.2 Å². The van der Waals surface area contributed by atoms with Crippen molar-refractivity contribution in [1.29, 1.82) is 0 Å². The summed E-state index contributed by atoms with van der Waals surface area (Å²) in [6.45, 7) is 3.60. The summed E-state index contributed by atoms with van der Waals surface area (Å²) in [6.07, 6.45) is 0. The van der Waals surface area contributed by atoms with E-state index in [-0.39, 0.29) is 17.2 Å². The molecule has 24 heavy (non-hydrogen) atoms. The minimum Gasteiger partial charge on any atom is -0.483 e. The van der Waals surface area contributed by atoms with Crippen molar-refractivity contribution < 1.29 is 14.3 Å². The molecule has 0 atom stereocenters. The van der Waals surface area contributed by atoms with Crippen LogP contribution in [-0.4, -0.2) is 18.4 Å². The van der Waals surface area contributed by atoms with E-state index < -0.39 is 11.8 Å². The number of amides is 2.